The number of quaternary nitrogens is 1. The second-order valence-corrected chi connectivity index (χ2v) is 8.48. The molecule has 138 valence electrons. The van der Waals surface area contributed by atoms with Gasteiger partial charge in [0.1, 0.15) is 0 Å². The predicted octanol–water partition coefficient (Wildman–Crippen LogP) is 5.64. The molecular weight excluding hydrogens is 326 g/mol. The molecule has 1 nitrogen and oxygen atoms in total. The minimum Gasteiger partial charge on any atom is -0.329 e. The Morgan fingerprint density at radius 2 is 1.68 bits per heavy atom. The molecule has 0 bridgehead atoms. The lowest BCUT2D eigenvalue weighted by Crippen LogP contribution is -3.15. The molecule has 1 unspecified atom stereocenters. The van der Waals surface area contributed by atoms with E-state index in [1.165, 1.54) is 81.9 Å². The van der Waals surface area contributed by atoms with Crippen LogP contribution in [-0.2, 0) is 0 Å². The molecule has 0 aromatic heterocycles. The molecule has 2 aliphatic carbocycles. The maximum atomic E-state index is 6.61. The molecule has 0 radical (unpaired) electrons. The van der Waals surface area contributed by atoms with Crippen LogP contribution in [0.5, 0.6) is 0 Å². The fraction of sp³-hybridized carbons (Fsp3) is 0.652. The third kappa shape index (κ3) is 5.34. The average Bonchev–Trinajstić information content (AvgIpc) is 2.67. The fourth-order valence-corrected chi connectivity index (χ4v) is 5.19. The van der Waals surface area contributed by atoms with E-state index in [0.717, 1.165) is 17.6 Å². The summed E-state index contributed by atoms with van der Waals surface area (Å²) in [6, 6.07) is 7.59. The Labute approximate surface area is 159 Å². The van der Waals surface area contributed by atoms with Gasteiger partial charge >= 0.3 is 0 Å². The zero-order valence-electron chi connectivity index (χ0n) is 15.9. The van der Waals surface area contributed by atoms with Crippen LogP contribution in [0.4, 0.5) is 0 Å². The summed E-state index contributed by atoms with van der Waals surface area (Å²) in [4.78, 5) is 1.75. The maximum absolute atomic E-state index is 6.61. The van der Waals surface area contributed by atoms with Crippen molar-refractivity contribution in [2.45, 2.75) is 83.1 Å². The van der Waals surface area contributed by atoms with Gasteiger partial charge in [-0.15, -0.1) is 0 Å². The van der Waals surface area contributed by atoms with E-state index in [0.29, 0.717) is 5.92 Å². The first-order chi connectivity index (χ1) is 12.3. The van der Waals surface area contributed by atoms with Crippen LogP contribution in [0.2, 0.25) is 5.02 Å². The van der Waals surface area contributed by atoms with Gasteiger partial charge in [-0.1, -0.05) is 55.5 Å². The van der Waals surface area contributed by atoms with Crippen molar-refractivity contribution in [1.82, 2.24) is 0 Å². The van der Waals surface area contributed by atoms with Crippen LogP contribution < -0.4 is 4.90 Å². The van der Waals surface area contributed by atoms with Crippen molar-refractivity contribution in [2.75, 3.05) is 13.1 Å². The molecule has 1 atom stereocenters. The maximum Gasteiger partial charge on any atom is 0.0963 e. The monoisotopic (exact) mass is 360 g/mol. The molecule has 1 N–H and O–H groups in total. The van der Waals surface area contributed by atoms with Crippen molar-refractivity contribution in [1.29, 1.82) is 0 Å². The SMILES string of the molecule is CC[NH+](C/C=C\c1ccc(C2CCCCC2)c(Cl)c1)C1CCCCC1. The summed E-state index contributed by atoms with van der Waals surface area (Å²) < 4.78 is 0. The van der Waals surface area contributed by atoms with E-state index >= 15 is 0 Å². The Balaban J connectivity index is 1.58. The first kappa shape index (κ1) is 19.0. The van der Waals surface area contributed by atoms with E-state index < -0.39 is 0 Å². The van der Waals surface area contributed by atoms with Crippen LogP contribution in [0.1, 0.15) is 88.2 Å². The zero-order chi connectivity index (χ0) is 17.5. The largest absolute Gasteiger partial charge is 0.329 e. The number of hydrogen-bond donors (Lipinski definition) is 1. The third-order valence-corrected chi connectivity index (χ3v) is 6.72. The summed E-state index contributed by atoms with van der Waals surface area (Å²) in [5.74, 6) is 0.686. The van der Waals surface area contributed by atoms with Gasteiger partial charge in [-0.2, -0.15) is 0 Å². The van der Waals surface area contributed by atoms with Gasteiger partial charge in [0.25, 0.3) is 0 Å². The van der Waals surface area contributed by atoms with Crippen LogP contribution in [-0.4, -0.2) is 19.1 Å². The van der Waals surface area contributed by atoms with Gasteiger partial charge in [0.15, 0.2) is 0 Å². The van der Waals surface area contributed by atoms with Gasteiger partial charge in [0.2, 0.25) is 0 Å². The molecule has 2 saturated carbocycles. The second-order valence-electron chi connectivity index (χ2n) is 8.07. The Morgan fingerprint density at radius 1 is 1.00 bits per heavy atom. The molecule has 2 aliphatic rings. The second kappa shape index (κ2) is 9.78. The van der Waals surface area contributed by atoms with Gasteiger partial charge in [-0.3, -0.25) is 0 Å². The van der Waals surface area contributed by atoms with Crippen LogP contribution in [0.3, 0.4) is 0 Å². The van der Waals surface area contributed by atoms with Gasteiger partial charge in [0, 0.05) is 5.02 Å². The molecule has 2 fully saturated rings. The lowest BCUT2D eigenvalue weighted by atomic mass is 9.84. The highest BCUT2D eigenvalue weighted by molar-refractivity contribution is 6.31. The van der Waals surface area contributed by atoms with Crippen LogP contribution in [0, 0.1) is 0 Å². The third-order valence-electron chi connectivity index (χ3n) is 6.40. The molecule has 0 saturated heterocycles. The van der Waals surface area contributed by atoms with Crippen LogP contribution >= 0.6 is 11.6 Å². The molecule has 2 heteroatoms. The number of nitrogens with one attached hydrogen (secondary N) is 1. The van der Waals surface area contributed by atoms with Crippen molar-refractivity contribution in [3.8, 4) is 0 Å². The molecule has 1 aromatic rings. The summed E-state index contributed by atoms with van der Waals surface area (Å²) in [6.45, 7) is 4.70. The first-order valence-corrected chi connectivity index (χ1v) is 11.0. The standard InChI is InChI=1S/C23H34ClN/c1-2-25(21-13-7-4-8-14-21)17-9-10-19-15-16-22(23(24)18-19)20-11-5-3-6-12-20/h9-10,15-16,18,20-21H,2-8,11-14,17H2,1H3/p+1/b10-9-. The van der Waals surface area contributed by atoms with Gasteiger partial charge in [0.05, 0.1) is 19.1 Å². The number of benzene rings is 1. The highest BCUT2D eigenvalue weighted by Gasteiger charge is 2.22. The van der Waals surface area contributed by atoms with E-state index in [9.17, 15) is 0 Å². The van der Waals surface area contributed by atoms with Crippen molar-refractivity contribution in [3.05, 3.63) is 40.4 Å². The highest BCUT2D eigenvalue weighted by atomic mass is 35.5. The van der Waals surface area contributed by atoms with Gasteiger partial charge in [-0.25, -0.2) is 0 Å². The lowest BCUT2D eigenvalue weighted by molar-refractivity contribution is -0.919. The van der Waals surface area contributed by atoms with E-state index in [4.69, 9.17) is 11.6 Å². The van der Waals surface area contributed by atoms with Crippen molar-refractivity contribution in [2.24, 2.45) is 0 Å². The van der Waals surface area contributed by atoms with E-state index in [1.807, 2.05) is 0 Å². The normalized spacial score (nSPS) is 21.7. The summed E-state index contributed by atoms with van der Waals surface area (Å²) in [5.41, 5.74) is 2.63. The molecule has 1 aromatic carbocycles. The van der Waals surface area contributed by atoms with E-state index in [2.05, 4.69) is 37.3 Å². The molecule has 3 rings (SSSR count). The number of likely N-dealkylation sites (N-methyl/N-ethyl adjacent to an activating group) is 1. The molecule has 0 heterocycles. The van der Waals surface area contributed by atoms with E-state index in [1.54, 1.807) is 4.90 Å². The minimum atomic E-state index is 0.686. The van der Waals surface area contributed by atoms with Gasteiger partial charge in [-0.05, 0) is 74.6 Å². The minimum absolute atomic E-state index is 0.686. The zero-order valence-corrected chi connectivity index (χ0v) is 16.7. The topological polar surface area (TPSA) is 4.44 Å². The quantitative estimate of drug-likeness (QED) is 0.669. The first-order valence-electron chi connectivity index (χ1n) is 10.6. The summed E-state index contributed by atoms with van der Waals surface area (Å²) in [6.07, 6.45) is 18.5. The lowest BCUT2D eigenvalue weighted by Gasteiger charge is -2.29. The van der Waals surface area contributed by atoms with Crippen LogP contribution in [0.15, 0.2) is 24.3 Å². The Hall–Kier alpha value is -0.790. The van der Waals surface area contributed by atoms with Gasteiger partial charge < -0.3 is 4.90 Å². The van der Waals surface area contributed by atoms with Crippen molar-refractivity contribution < 1.29 is 4.90 Å². The van der Waals surface area contributed by atoms with Crippen LogP contribution in [0.25, 0.3) is 6.08 Å². The smallest absolute Gasteiger partial charge is 0.0963 e. The molecule has 0 aliphatic heterocycles. The molecular formula is C23H35ClN+. The summed E-state index contributed by atoms with van der Waals surface area (Å²) in [7, 11) is 0. The highest BCUT2D eigenvalue weighted by Crippen LogP contribution is 2.36. The molecule has 25 heavy (non-hydrogen) atoms. The van der Waals surface area contributed by atoms with Crippen molar-refractivity contribution in [3.63, 3.8) is 0 Å². The average molecular weight is 361 g/mol. The Kier molecular flexibility index (Phi) is 7.43. The predicted molar refractivity (Wildman–Crippen MR) is 110 cm³/mol. The number of rotatable bonds is 6. The number of hydrogen-bond acceptors (Lipinski definition) is 0. The molecule has 0 spiro atoms. The molecule has 0 amide bonds. The Morgan fingerprint density at radius 3 is 2.32 bits per heavy atom. The fourth-order valence-electron chi connectivity index (χ4n) is 4.85. The summed E-state index contributed by atoms with van der Waals surface area (Å²) >= 11 is 6.61. The van der Waals surface area contributed by atoms with E-state index in [-0.39, 0.29) is 0 Å². The van der Waals surface area contributed by atoms with Crippen molar-refractivity contribution >= 4 is 17.7 Å². The Bertz CT molecular complexity index is 553. The number of halogens is 1. The summed E-state index contributed by atoms with van der Waals surface area (Å²) in [5, 5.41) is 0.973.